The number of carbonyl (C=O) groups is 2. The molecule has 35 heavy (non-hydrogen) atoms. The molecule has 0 saturated carbocycles. The van der Waals surface area contributed by atoms with Gasteiger partial charge in [-0.15, -0.1) is 0 Å². The van der Waals surface area contributed by atoms with Crippen LogP contribution in [0.2, 0.25) is 0 Å². The molecule has 2 aromatic carbocycles. The number of pyridine rings is 2. The van der Waals surface area contributed by atoms with Crippen molar-refractivity contribution >= 4 is 11.8 Å². The smallest absolute Gasteiger partial charge is 0.254 e. The lowest BCUT2D eigenvalue weighted by Crippen LogP contribution is -2.50. The Bertz CT molecular complexity index is 1300. The van der Waals surface area contributed by atoms with Gasteiger partial charge in [0, 0.05) is 48.9 Å². The third-order valence-electron chi connectivity index (χ3n) is 6.68. The maximum absolute atomic E-state index is 14.0. The van der Waals surface area contributed by atoms with Crippen LogP contribution in [-0.4, -0.2) is 46.3 Å². The lowest BCUT2D eigenvalue weighted by atomic mass is 9.68. The third-order valence-corrected chi connectivity index (χ3v) is 6.68. The first-order chi connectivity index (χ1) is 17.1. The van der Waals surface area contributed by atoms with E-state index in [1.54, 1.807) is 17.3 Å². The van der Waals surface area contributed by atoms with Crippen LogP contribution in [0.4, 0.5) is 0 Å². The molecule has 2 amide bonds. The van der Waals surface area contributed by atoms with Gasteiger partial charge >= 0.3 is 0 Å². The molecule has 6 heteroatoms. The van der Waals surface area contributed by atoms with Gasteiger partial charge in [0.1, 0.15) is 0 Å². The highest BCUT2D eigenvalue weighted by Gasteiger charge is 2.38. The van der Waals surface area contributed by atoms with Gasteiger partial charge in [-0.05, 0) is 52.9 Å². The molecule has 1 aliphatic rings. The Morgan fingerprint density at radius 3 is 2.17 bits per heavy atom. The van der Waals surface area contributed by atoms with E-state index in [4.69, 9.17) is 0 Å². The van der Waals surface area contributed by atoms with Gasteiger partial charge in [0.15, 0.2) is 0 Å². The van der Waals surface area contributed by atoms with Gasteiger partial charge in [0.2, 0.25) is 5.91 Å². The van der Waals surface area contributed by atoms with E-state index in [0.717, 1.165) is 27.8 Å². The fourth-order valence-electron chi connectivity index (χ4n) is 4.88. The van der Waals surface area contributed by atoms with E-state index in [0.29, 0.717) is 18.7 Å². The summed E-state index contributed by atoms with van der Waals surface area (Å²) in [6.07, 6.45) is 7.18. The van der Waals surface area contributed by atoms with Crippen molar-refractivity contribution in [1.82, 2.24) is 20.2 Å². The predicted octanol–water partition coefficient (Wildman–Crippen LogP) is 4.07. The second-order valence-corrected chi connectivity index (χ2v) is 8.78. The normalized spacial score (nSPS) is 13.9. The second kappa shape index (κ2) is 9.50. The van der Waals surface area contributed by atoms with Gasteiger partial charge < -0.3 is 10.2 Å². The summed E-state index contributed by atoms with van der Waals surface area (Å²) in [7, 11) is 0. The van der Waals surface area contributed by atoms with E-state index < -0.39 is 5.41 Å². The van der Waals surface area contributed by atoms with Crippen molar-refractivity contribution in [2.75, 3.05) is 19.6 Å². The summed E-state index contributed by atoms with van der Waals surface area (Å²) in [5, 5.41) is 2.80. The number of benzene rings is 2. The highest BCUT2D eigenvalue weighted by atomic mass is 16.2. The Hall–Kier alpha value is -4.32. The SMILES string of the molecule is CC(c1cccnc1)(c1cccnc1)c1c(C(=O)N2CCNC(=O)C2)cccc1-c1ccccc1. The summed E-state index contributed by atoms with van der Waals surface area (Å²) in [6, 6.07) is 23.8. The summed E-state index contributed by atoms with van der Waals surface area (Å²) < 4.78 is 0. The Morgan fingerprint density at radius 2 is 1.57 bits per heavy atom. The molecule has 0 spiro atoms. The minimum Gasteiger partial charge on any atom is -0.353 e. The number of piperazine rings is 1. The maximum Gasteiger partial charge on any atom is 0.254 e. The molecule has 6 nitrogen and oxygen atoms in total. The van der Waals surface area contributed by atoms with Crippen molar-refractivity contribution in [3.8, 4) is 11.1 Å². The van der Waals surface area contributed by atoms with Crippen LogP contribution in [-0.2, 0) is 10.2 Å². The van der Waals surface area contributed by atoms with Gasteiger partial charge in [0.25, 0.3) is 5.91 Å². The predicted molar refractivity (Wildman–Crippen MR) is 135 cm³/mol. The minimum absolute atomic E-state index is 0.0460. The number of nitrogens with zero attached hydrogens (tertiary/aromatic N) is 3. The molecule has 174 valence electrons. The number of nitrogens with one attached hydrogen (secondary N) is 1. The lowest BCUT2D eigenvalue weighted by Gasteiger charge is -2.36. The molecule has 3 heterocycles. The fraction of sp³-hybridized carbons (Fsp3) is 0.172. The molecule has 0 aliphatic carbocycles. The van der Waals surface area contributed by atoms with Crippen LogP contribution in [0, 0.1) is 0 Å². The van der Waals surface area contributed by atoms with Crippen LogP contribution in [0.1, 0.15) is 34.0 Å². The first kappa shape index (κ1) is 22.5. The summed E-state index contributed by atoms with van der Waals surface area (Å²) in [5.41, 5.74) is 4.54. The zero-order valence-corrected chi connectivity index (χ0v) is 19.5. The summed E-state index contributed by atoms with van der Waals surface area (Å²) in [4.78, 5) is 36.5. The molecule has 1 N–H and O–H groups in total. The number of aromatic nitrogens is 2. The molecule has 0 atom stereocenters. The zero-order valence-electron chi connectivity index (χ0n) is 19.5. The molecule has 0 bridgehead atoms. The van der Waals surface area contributed by atoms with Crippen LogP contribution in [0.15, 0.2) is 97.6 Å². The van der Waals surface area contributed by atoms with Crippen LogP contribution in [0.5, 0.6) is 0 Å². The number of rotatable bonds is 5. The monoisotopic (exact) mass is 462 g/mol. The summed E-state index contributed by atoms with van der Waals surface area (Å²) in [5.74, 6) is -0.306. The Kier molecular flexibility index (Phi) is 6.10. The lowest BCUT2D eigenvalue weighted by molar-refractivity contribution is -0.123. The Labute approximate surface area is 204 Å². The molecule has 1 fully saturated rings. The van der Waals surface area contributed by atoms with Crippen LogP contribution >= 0.6 is 0 Å². The Morgan fingerprint density at radius 1 is 0.886 bits per heavy atom. The molecule has 2 aromatic heterocycles. The van der Waals surface area contributed by atoms with Crippen molar-refractivity contribution in [2.24, 2.45) is 0 Å². The highest BCUT2D eigenvalue weighted by Crippen LogP contribution is 2.45. The number of hydrogen-bond acceptors (Lipinski definition) is 4. The van der Waals surface area contributed by atoms with Crippen molar-refractivity contribution in [2.45, 2.75) is 12.3 Å². The number of carbonyl (C=O) groups excluding carboxylic acids is 2. The van der Waals surface area contributed by atoms with Crippen molar-refractivity contribution < 1.29 is 9.59 Å². The average molecular weight is 463 g/mol. The highest BCUT2D eigenvalue weighted by molar-refractivity contribution is 6.00. The maximum atomic E-state index is 14.0. The fourth-order valence-corrected chi connectivity index (χ4v) is 4.88. The molecule has 4 aromatic rings. The first-order valence-electron chi connectivity index (χ1n) is 11.6. The van der Waals surface area contributed by atoms with E-state index in [1.807, 2.05) is 79.1 Å². The average Bonchev–Trinajstić information content (AvgIpc) is 2.93. The van der Waals surface area contributed by atoms with E-state index in [-0.39, 0.29) is 18.4 Å². The van der Waals surface area contributed by atoms with Crippen molar-refractivity contribution in [1.29, 1.82) is 0 Å². The second-order valence-electron chi connectivity index (χ2n) is 8.78. The van der Waals surface area contributed by atoms with Crippen LogP contribution < -0.4 is 5.32 Å². The standard InChI is InChI=1S/C29H26N4O2/c1-29(22-10-6-14-30-18-22,23-11-7-15-31-19-23)27-24(21-8-3-2-4-9-21)12-5-13-25(27)28(35)33-17-16-32-26(34)20-33/h2-15,18-19H,16-17,20H2,1H3,(H,32,34). The number of hydrogen-bond donors (Lipinski definition) is 1. The van der Waals surface area contributed by atoms with Gasteiger partial charge in [-0.2, -0.15) is 0 Å². The van der Waals surface area contributed by atoms with Crippen molar-refractivity contribution in [3.05, 3.63) is 120 Å². The topological polar surface area (TPSA) is 75.2 Å². The van der Waals surface area contributed by atoms with E-state index in [1.165, 1.54) is 0 Å². The first-order valence-corrected chi connectivity index (χ1v) is 11.6. The van der Waals surface area contributed by atoms with E-state index >= 15 is 0 Å². The van der Waals surface area contributed by atoms with E-state index in [2.05, 4.69) is 28.3 Å². The van der Waals surface area contributed by atoms with Gasteiger partial charge in [-0.25, -0.2) is 0 Å². The Balaban J connectivity index is 1.81. The summed E-state index contributed by atoms with van der Waals surface area (Å²) >= 11 is 0. The third kappa shape index (κ3) is 4.19. The largest absolute Gasteiger partial charge is 0.353 e. The molecule has 0 unspecified atom stereocenters. The molecule has 1 aliphatic heterocycles. The molecular weight excluding hydrogens is 436 g/mol. The van der Waals surface area contributed by atoms with Gasteiger partial charge in [0.05, 0.1) is 6.54 Å². The molecule has 5 rings (SSSR count). The van der Waals surface area contributed by atoms with Crippen molar-refractivity contribution in [3.63, 3.8) is 0 Å². The quantitative estimate of drug-likeness (QED) is 0.485. The number of amides is 2. The molecule has 1 saturated heterocycles. The van der Waals surface area contributed by atoms with Gasteiger partial charge in [-0.3, -0.25) is 19.6 Å². The zero-order chi connectivity index (χ0) is 24.3. The van der Waals surface area contributed by atoms with Gasteiger partial charge in [-0.1, -0.05) is 54.6 Å². The van der Waals surface area contributed by atoms with Crippen LogP contribution in [0.25, 0.3) is 11.1 Å². The molecular formula is C29H26N4O2. The van der Waals surface area contributed by atoms with E-state index in [9.17, 15) is 9.59 Å². The van der Waals surface area contributed by atoms with Crippen LogP contribution in [0.3, 0.4) is 0 Å². The minimum atomic E-state index is -0.738. The summed E-state index contributed by atoms with van der Waals surface area (Å²) in [6.45, 7) is 3.07. The molecule has 0 radical (unpaired) electrons.